The lowest BCUT2D eigenvalue weighted by atomic mass is 10.1. The first-order valence-corrected chi connectivity index (χ1v) is 5.13. The van der Waals surface area contributed by atoms with Crippen LogP contribution < -0.4 is 4.74 Å². The molecule has 0 radical (unpaired) electrons. The molecule has 1 atom stereocenters. The highest BCUT2D eigenvalue weighted by molar-refractivity contribution is 6.37. The van der Waals surface area contributed by atoms with Gasteiger partial charge in [0.1, 0.15) is 5.75 Å². The monoisotopic (exact) mass is 282 g/mol. The molecule has 7 heteroatoms. The lowest BCUT2D eigenvalue weighted by Crippen LogP contribution is -2.48. The van der Waals surface area contributed by atoms with Crippen LogP contribution in [-0.4, -0.2) is 31.2 Å². The summed E-state index contributed by atoms with van der Waals surface area (Å²) in [6, 6.07) is 5.08. The number of Topliss-reactive ketones (excluding diaryl/α,β-unsaturated/α-hetero) is 1. The molecule has 1 aromatic carbocycles. The summed E-state index contributed by atoms with van der Waals surface area (Å²) in [5, 5.41) is -3.37. The molecule has 18 heavy (non-hydrogen) atoms. The maximum atomic E-state index is 12.7. The number of halogens is 4. The number of ether oxygens (including phenoxy) is 2. The van der Waals surface area contributed by atoms with Gasteiger partial charge in [-0.25, -0.2) is 0 Å². The predicted molar refractivity (Wildman–Crippen MR) is 59.0 cm³/mol. The topological polar surface area (TPSA) is 35.5 Å². The van der Waals surface area contributed by atoms with E-state index in [1.54, 1.807) is 0 Å². The Bertz CT molecular complexity index is 430. The summed E-state index contributed by atoms with van der Waals surface area (Å²) in [4.78, 5) is 11.7. The summed E-state index contributed by atoms with van der Waals surface area (Å²) >= 11 is 5.23. The van der Waals surface area contributed by atoms with E-state index in [0.717, 1.165) is 7.11 Å². The summed E-state index contributed by atoms with van der Waals surface area (Å²) in [5.74, 6) is -0.960. The van der Waals surface area contributed by atoms with Gasteiger partial charge in [-0.3, -0.25) is 4.79 Å². The second-order valence-electron chi connectivity index (χ2n) is 3.35. The molecule has 0 aromatic heterocycles. The molecule has 0 heterocycles. The zero-order valence-corrected chi connectivity index (χ0v) is 10.3. The van der Waals surface area contributed by atoms with Gasteiger partial charge in [0.15, 0.2) is 0 Å². The average molecular weight is 283 g/mol. The second-order valence-corrected chi connectivity index (χ2v) is 3.89. The van der Waals surface area contributed by atoms with Crippen molar-refractivity contribution in [2.24, 2.45) is 0 Å². The van der Waals surface area contributed by atoms with Crippen molar-refractivity contribution in [3.05, 3.63) is 29.8 Å². The highest BCUT2D eigenvalue weighted by atomic mass is 35.5. The number of hydrogen-bond donors (Lipinski definition) is 0. The smallest absolute Gasteiger partial charge is 0.439 e. The van der Waals surface area contributed by atoms with Crippen molar-refractivity contribution in [2.75, 3.05) is 14.2 Å². The summed E-state index contributed by atoms with van der Waals surface area (Å²) in [6.07, 6.45) is -5.01. The van der Waals surface area contributed by atoms with Crippen molar-refractivity contribution in [3.8, 4) is 5.75 Å². The van der Waals surface area contributed by atoms with Gasteiger partial charge < -0.3 is 9.47 Å². The minimum Gasteiger partial charge on any atom is -0.497 e. The molecule has 0 aliphatic carbocycles. The van der Waals surface area contributed by atoms with Crippen LogP contribution in [0.4, 0.5) is 13.2 Å². The number of carbonyl (C=O) groups excluding carboxylic acids is 1. The Labute approximate surface area is 106 Å². The molecule has 3 nitrogen and oxygen atoms in total. The Morgan fingerprint density at radius 3 is 2.00 bits per heavy atom. The van der Waals surface area contributed by atoms with Crippen molar-refractivity contribution >= 4 is 17.4 Å². The average Bonchev–Trinajstić information content (AvgIpc) is 2.35. The number of hydrogen-bond acceptors (Lipinski definition) is 3. The molecule has 0 aliphatic heterocycles. The largest absolute Gasteiger partial charge is 0.497 e. The minimum absolute atomic E-state index is 0.218. The minimum atomic E-state index is -5.01. The van der Waals surface area contributed by atoms with E-state index < -0.39 is 17.0 Å². The molecule has 0 aliphatic rings. The Morgan fingerprint density at radius 1 is 1.17 bits per heavy atom. The van der Waals surface area contributed by atoms with Crippen LogP contribution in [0.2, 0.25) is 0 Å². The highest BCUT2D eigenvalue weighted by Gasteiger charge is 2.60. The highest BCUT2D eigenvalue weighted by Crippen LogP contribution is 2.39. The van der Waals surface area contributed by atoms with E-state index in [4.69, 9.17) is 16.3 Å². The first-order valence-electron chi connectivity index (χ1n) is 4.76. The Balaban J connectivity index is 3.11. The van der Waals surface area contributed by atoms with Gasteiger partial charge in [0.05, 0.1) is 7.11 Å². The third-order valence-electron chi connectivity index (χ3n) is 2.29. The third-order valence-corrected chi connectivity index (χ3v) is 2.83. The molecule has 1 aromatic rings. The maximum Gasteiger partial charge on any atom is 0.439 e. The standard InChI is InChI=1S/C11H10ClF3O3/c1-17-8-5-3-7(4-6-8)9(16)10(12,18-2)11(13,14)15/h3-6H,1-2H3. The molecule has 0 saturated heterocycles. The number of benzene rings is 1. The predicted octanol–water partition coefficient (Wildman–Crippen LogP) is 3.02. The van der Waals surface area contributed by atoms with Crippen LogP contribution in [0.5, 0.6) is 5.75 Å². The third kappa shape index (κ3) is 2.59. The molecule has 0 amide bonds. The van der Waals surface area contributed by atoms with Crippen molar-refractivity contribution in [2.45, 2.75) is 11.2 Å². The molecule has 0 bridgehead atoms. The number of ketones is 1. The number of rotatable bonds is 4. The van der Waals surface area contributed by atoms with E-state index in [1.165, 1.54) is 31.4 Å². The molecule has 0 saturated carbocycles. The van der Waals surface area contributed by atoms with Crippen LogP contribution in [0.1, 0.15) is 10.4 Å². The lowest BCUT2D eigenvalue weighted by molar-refractivity contribution is -0.213. The van der Waals surface area contributed by atoms with E-state index in [9.17, 15) is 18.0 Å². The zero-order valence-electron chi connectivity index (χ0n) is 9.55. The van der Waals surface area contributed by atoms with E-state index in [1.807, 2.05) is 0 Å². The van der Waals surface area contributed by atoms with Crippen LogP contribution in [0.3, 0.4) is 0 Å². The summed E-state index contributed by atoms with van der Waals surface area (Å²) in [5.41, 5.74) is -0.218. The summed E-state index contributed by atoms with van der Waals surface area (Å²) < 4.78 is 47.0. The maximum absolute atomic E-state index is 12.7. The normalized spacial score (nSPS) is 15.0. The van der Waals surface area contributed by atoms with E-state index in [2.05, 4.69) is 4.74 Å². The molecule has 0 N–H and O–H groups in total. The molecular formula is C11H10ClF3O3. The van der Waals surface area contributed by atoms with Crippen LogP contribution in [0.15, 0.2) is 24.3 Å². The number of alkyl halides is 4. The molecule has 0 spiro atoms. The quantitative estimate of drug-likeness (QED) is 0.629. The van der Waals surface area contributed by atoms with Gasteiger partial charge in [-0.2, -0.15) is 13.2 Å². The fourth-order valence-electron chi connectivity index (χ4n) is 1.27. The first kappa shape index (κ1) is 14.8. The first-order chi connectivity index (χ1) is 8.26. The molecule has 0 fully saturated rings. The van der Waals surface area contributed by atoms with Crippen LogP contribution in [0, 0.1) is 0 Å². The van der Waals surface area contributed by atoms with Gasteiger partial charge in [0, 0.05) is 12.7 Å². The Kier molecular flexibility index (Phi) is 4.24. The molecule has 1 rings (SSSR count). The Hall–Kier alpha value is -1.27. The van der Waals surface area contributed by atoms with Crippen molar-refractivity contribution < 1.29 is 27.4 Å². The van der Waals surface area contributed by atoms with Gasteiger partial charge in [0.25, 0.3) is 0 Å². The molecular weight excluding hydrogens is 273 g/mol. The van der Waals surface area contributed by atoms with Crippen LogP contribution >= 0.6 is 11.6 Å². The van der Waals surface area contributed by atoms with E-state index in [0.29, 0.717) is 5.75 Å². The molecule has 1 unspecified atom stereocenters. The van der Waals surface area contributed by atoms with Gasteiger partial charge in [-0.05, 0) is 24.3 Å². The number of carbonyl (C=O) groups is 1. The fourth-order valence-corrected chi connectivity index (χ4v) is 1.37. The summed E-state index contributed by atoms with van der Waals surface area (Å²) in [6.45, 7) is 0. The fraction of sp³-hybridized carbons (Fsp3) is 0.364. The van der Waals surface area contributed by atoms with E-state index >= 15 is 0 Å². The summed E-state index contributed by atoms with van der Waals surface area (Å²) in [7, 11) is 2.12. The van der Waals surface area contributed by atoms with Crippen molar-refractivity contribution in [1.82, 2.24) is 0 Å². The van der Waals surface area contributed by atoms with Gasteiger partial charge >= 0.3 is 11.2 Å². The van der Waals surface area contributed by atoms with Crippen molar-refractivity contribution in [1.29, 1.82) is 0 Å². The van der Waals surface area contributed by atoms with Crippen molar-refractivity contribution in [3.63, 3.8) is 0 Å². The van der Waals surface area contributed by atoms with Gasteiger partial charge in [-0.1, -0.05) is 11.6 Å². The zero-order chi connectivity index (χ0) is 14.0. The van der Waals surface area contributed by atoms with Crippen LogP contribution in [-0.2, 0) is 4.74 Å². The van der Waals surface area contributed by atoms with Gasteiger partial charge in [-0.15, -0.1) is 0 Å². The van der Waals surface area contributed by atoms with Gasteiger partial charge in [0.2, 0.25) is 5.78 Å². The lowest BCUT2D eigenvalue weighted by Gasteiger charge is -2.26. The Morgan fingerprint density at radius 2 is 1.67 bits per heavy atom. The second kappa shape index (κ2) is 5.16. The van der Waals surface area contributed by atoms with E-state index in [-0.39, 0.29) is 5.56 Å². The molecule has 100 valence electrons. The SMILES string of the molecule is COc1ccc(C(=O)C(Cl)(OC)C(F)(F)F)cc1. The number of methoxy groups -OCH3 is 2. The van der Waals surface area contributed by atoms with Crippen LogP contribution in [0.25, 0.3) is 0 Å².